The van der Waals surface area contributed by atoms with Crippen molar-refractivity contribution in [3.05, 3.63) is 12.3 Å². The zero-order chi connectivity index (χ0) is 9.78. The van der Waals surface area contributed by atoms with Crippen LogP contribution in [0, 0.1) is 5.41 Å². The van der Waals surface area contributed by atoms with Gasteiger partial charge in [-0.1, -0.05) is 0 Å². The number of carboxylic acid groups (broad SMARTS) is 2. The summed E-state index contributed by atoms with van der Waals surface area (Å²) in [6.07, 6.45) is 1.26. The number of aliphatic carboxylic acids is 2. The van der Waals surface area contributed by atoms with Crippen molar-refractivity contribution < 1.29 is 51.4 Å². The molecule has 0 aliphatic heterocycles. The summed E-state index contributed by atoms with van der Waals surface area (Å²) in [5, 5.41) is 28.9. The molecule has 94 valence electrons. The average Bonchev–Trinajstić information content (AvgIpc) is 1.87. The van der Waals surface area contributed by atoms with Crippen LogP contribution in [0.3, 0.4) is 0 Å². The number of nitrogens with two attached hydrogens (primary N) is 2. The van der Waals surface area contributed by atoms with Crippen molar-refractivity contribution in [2.75, 3.05) is 0 Å². The Morgan fingerprint density at radius 2 is 1.20 bits per heavy atom. The van der Waals surface area contributed by atoms with Crippen LogP contribution in [0.15, 0.2) is 0 Å². The zero-order valence-electron chi connectivity index (χ0n) is 7.70. The van der Waals surface area contributed by atoms with Crippen LogP contribution in [-0.2, 0) is 30.7 Å². The van der Waals surface area contributed by atoms with Gasteiger partial charge in [-0.05, 0) is 19.3 Å². The minimum absolute atomic E-state index is 0. The molecule has 9 heteroatoms. The van der Waals surface area contributed by atoms with Gasteiger partial charge in [-0.25, -0.2) is 0 Å². The third-order valence-electron chi connectivity index (χ3n) is 2.03. The predicted molar refractivity (Wildman–Crippen MR) is 47.4 cm³/mol. The van der Waals surface area contributed by atoms with E-state index >= 15 is 0 Å². The fourth-order valence-corrected chi connectivity index (χ4v) is 1.05. The Labute approximate surface area is 101 Å². The van der Waals surface area contributed by atoms with Crippen LogP contribution < -0.4 is 0 Å². The van der Waals surface area contributed by atoms with Crippen molar-refractivity contribution in [2.45, 2.75) is 19.3 Å². The molecule has 0 aromatic heterocycles. The molecule has 1 rings (SSSR count). The molecule has 1 aliphatic carbocycles. The van der Waals surface area contributed by atoms with Gasteiger partial charge in [-0.2, -0.15) is 0 Å². The topological polar surface area (TPSA) is 182 Å². The van der Waals surface area contributed by atoms with Gasteiger partial charge in [0, 0.05) is 0 Å². The largest absolute Gasteiger partial charge is 2.00 e. The third kappa shape index (κ3) is 4.67. The Balaban J connectivity index is -0.000000114. The molecular formula is C6H14N2O6Pt. The van der Waals surface area contributed by atoms with Gasteiger partial charge in [0.25, 0.3) is 0 Å². The SMILES string of the molecule is O=C(O)C1(C(=O)O)CCC1.OO.[NH2-].[NH2-].[Pt+2]. The van der Waals surface area contributed by atoms with Crippen molar-refractivity contribution in [2.24, 2.45) is 5.41 Å². The van der Waals surface area contributed by atoms with Crippen LogP contribution in [0.25, 0.3) is 12.3 Å². The van der Waals surface area contributed by atoms with E-state index in [2.05, 4.69) is 0 Å². The molecule has 1 aliphatic rings. The summed E-state index contributed by atoms with van der Waals surface area (Å²) >= 11 is 0. The van der Waals surface area contributed by atoms with Crippen molar-refractivity contribution in [3.63, 3.8) is 0 Å². The van der Waals surface area contributed by atoms with E-state index in [9.17, 15) is 9.59 Å². The van der Waals surface area contributed by atoms with Crippen LogP contribution >= 0.6 is 0 Å². The zero-order valence-corrected chi connectivity index (χ0v) is 9.97. The maximum Gasteiger partial charge on any atom is 2.00 e. The summed E-state index contributed by atoms with van der Waals surface area (Å²) in [4.78, 5) is 20.7. The van der Waals surface area contributed by atoms with E-state index in [1.165, 1.54) is 0 Å². The van der Waals surface area contributed by atoms with Gasteiger partial charge < -0.3 is 22.5 Å². The molecule has 0 saturated heterocycles. The normalized spacial score (nSPS) is 14.5. The molecule has 1 saturated carbocycles. The van der Waals surface area contributed by atoms with Crippen molar-refractivity contribution in [3.8, 4) is 0 Å². The number of carbonyl (C=O) groups is 2. The Morgan fingerprint density at radius 1 is 0.933 bits per heavy atom. The minimum atomic E-state index is -1.44. The first-order chi connectivity index (χ1) is 5.59. The van der Waals surface area contributed by atoms with Gasteiger partial charge in [0.05, 0.1) is 0 Å². The maximum atomic E-state index is 10.4. The van der Waals surface area contributed by atoms with E-state index in [1.807, 2.05) is 0 Å². The van der Waals surface area contributed by atoms with Crippen molar-refractivity contribution in [1.82, 2.24) is 0 Å². The summed E-state index contributed by atoms with van der Waals surface area (Å²) in [6, 6.07) is 0. The summed E-state index contributed by atoms with van der Waals surface area (Å²) in [7, 11) is 0. The second kappa shape index (κ2) is 10.0. The summed E-state index contributed by atoms with van der Waals surface area (Å²) < 4.78 is 0. The van der Waals surface area contributed by atoms with Crippen molar-refractivity contribution in [1.29, 1.82) is 0 Å². The molecule has 0 radical (unpaired) electrons. The number of hydrogen-bond acceptors (Lipinski definition) is 4. The van der Waals surface area contributed by atoms with Crippen molar-refractivity contribution >= 4 is 11.9 Å². The van der Waals surface area contributed by atoms with Crippen LogP contribution in [0.2, 0.25) is 0 Å². The number of rotatable bonds is 2. The van der Waals surface area contributed by atoms with Crippen LogP contribution in [0.1, 0.15) is 19.3 Å². The van der Waals surface area contributed by atoms with Gasteiger partial charge in [0.15, 0.2) is 5.41 Å². The molecule has 0 spiro atoms. The maximum absolute atomic E-state index is 10.4. The smallest absolute Gasteiger partial charge is 0.693 e. The first kappa shape index (κ1) is 23.9. The van der Waals surface area contributed by atoms with Gasteiger partial charge in [0.2, 0.25) is 0 Å². The molecular weight excluding hydrogens is 391 g/mol. The van der Waals surface area contributed by atoms with Crippen LogP contribution in [0.5, 0.6) is 0 Å². The molecule has 1 fully saturated rings. The quantitative estimate of drug-likeness (QED) is 0.308. The van der Waals surface area contributed by atoms with E-state index in [0.29, 0.717) is 6.42 Å². The molecule has 0 amide bonds. The van der Waals surface area contributed by atoms with E-state index < -0.39 is 17.4 Å². The van der Waals surface area contributed by atoms with Gasteiger partial charge in [0.1, 0.15) is 0 Å². The first-order valence-corrected chi connectivity index (χ1v) is 3.26. The molecule has 15 heavy (non-hydrogen) atoms. The fraction of sp³-hybridized carbons (Fsp3) is 0.667. The molecule has 8 N–H and O–H groups in total. The Kier molecular flexibility index (Phi) is 16.0. The Morgan fingerprint density at radius 3 is 1.20 bits per heavy atom. The van der Waals surface area contributed by atoms with E-state index in [0.717, 1.165) is 0 Å². The monoisotopic (exact) mass is 405 g/mol. The first-order valence-electron chi connectivity index (χ1n) is 3.26. The Hall–Kier alpha value is -0.532. The predicted octanol–water partition coefficient (Wildman–Crippen LogP) is 1.77. The molecule has 8 nitrogen and oxygen atoms in total. The molecule has 0 aromatic carbocycles. The number of hydrogen-bond donors (Lipinski definition) is 4. The van der Waals surface area contributed by atoms with Gasteiger partial charge >= 0.3 is 33.0 Å². The molecule has 0 bridgehead atoms. The summed E-state index contributed by atoms with van der Waals surface area (Å²) in [5.74, 6) is -2.41. The average molecular weight is 405 g/mol. The van der Waals surface area contributed by atoms with Crippen LogP contribution in [0.4, 0.5) is 0 Å². The molecule has 0 aromatic rings. The van der Waals surface area contributed by atoms with E-state index in [4.69, 9.17) is 20.7 Å². The fourth-order valence-electron chi connectivity index (χ4n) is 1.05. The summed E-state index contributed by atoms with van der Waals surface area (Å²) in [6.45, 7) is 0. The molecule has 0 heterocycles. The second-order valence-electron chi connectivity index (χ2n) is 2.55. The molecule has 0 atom stereocenters. The summed E-state index contributed by atoms with van der Waals surface area (Å²) in [5.41, 5.74) is -1.44. The number of carboxylic acids is 2. The Bertz CT molecular complexity index is 180. The molecule has 0 unspecified atom stereocenters. The standard InChI is InChI=1S/C6H8O4.2H2N.H2O2.Pt/c7-4(8)6(5(9)10)2-1-3-6;;;1-2;/h1-3H2,(H,7,8)(H,9,10);2*1H2;1-2H;/q;2*-1;;+2. The van der Waals surface area contributed by atoms with Crippen LogP contribution in [-0.4, -0.2) is 32.7 Å². The van der Waals surface area contributed by atoms with E-state index in [1.54, 1.807) is 0 Å². The minimum Gasteiger partial charge on any atom is -0.693 e. The van der Waals surface area contributed by atoms with Gasteiger partial charge in [-0.3, -0.25) is 20.1 Å². The van der Waals surface area contributed by atoms with E-state index in [-0.39, 0.29) is 46.2 Å². The third-order valence-corrected chi connectivity index (χ3v) is 2.03. The van der Waals surface area contributed by atoms with Gasteiger partial charge in [-0.15, -0.1) is 0 Å². The second-order valence-corrected chi connectivity index (χ2v) is 2.55.